The van der Waals surface area contributed by atoms with E-state index in [4.69, 9.17) is 9.47 Å². The Labute approximate surface area is 200 Å². The summed E-state index contributed by atoms with van der Waals surface area (Å²) in [7, 11) is 4.90. The quantitative estimate of drug-likeness (QED) is 0.382. The smallest absolute Gasteiger partial charge is 0.255 e. The van der Waals surface area contributed by atoms with Crippen LogP contribution in [0, 0.1) is 0 Å². The van der Waals surface area contributed by atoms with Crippen molar-refractivity contribution in [2.45, 2.75) is 4.90 Å². The summed E-state index contributed by atoms with van der Waals surface area (Å²) in [4.78, 5) is 22.6. The zero-order valence-corrected chi connectivity index (χ0v) is 20.0. The summed E-state index contributed by atoms with van der Waals surface area (Å²) in [6.07, 6.45) is 1.60. The van der Waals surface area contributed by atoms with Crippen LogP contribution in [0.1, 0.15) is 10.4 Å². The molecule has 0 aliphatic heterocycles. The van der Waals surface area contributed by atoms with Crippen molar-refractivity contribution in [3.8, 4) is 22.8 Å². The number of fused-ring (bicyclic) bond motifs is 1. The van der Waals surface area contributed by atoms with Crippen LogP contribution in [0.15, 0.2) is 65.6 Å². The van der Waals surface area contributed by atoms with Gasteiger partial charge in [0.25, 0.3) is 5.91 Å². The summed E-state index contributed by atoms with van der Waals surface area (Å²) in [5.41, 5.74) is 3.26. The lowest BCUT2D eigenvalue weighted by Crippen LogP contribution is -2.12. The third-order valence-electron chi connectivity index (χ3n) is 5.27. The molecule has 8 nitrogen and oxygen atoms in total. The van der Waals surface area contributed by atoms with E-state index in [1.165, 1.54) is 0 Å². The Morgan fingerprint density at radius 2 is 1.68 bits per heavy atom. The van der Waals surface area contributed by atoms with Crippen LogP contribution in [-0.2, 0) is 11.2 Å². The Hall–Kier alpha value is -3.82. The molecule has 3 aromatic carbocycles. The Bertz CT molecular complexity index is 1340. The number of anilines is 2. The van der Waals surface area contributed by atoms with Gasteiger partial charge in [-0.2, -0.15) is 0 Å². The van der Waals surface area contributed by atoms with Crippen molar-refractivity contribution in [1.29, 1.82) is 0 Å². The van der Waals surface area contributed by atoms with Crippen molar-refractivity contribution in [3.05, 3.63) is 66.2 Å². The number of hydrogen-bond acceptors (Lipinski definition) is 7. The van der Waals surface area contributed by atoms with E-state index < -0.39 is 11.2 Å². The van der Waals surface area contributed by atoms with E-state index in [0.717, 1.165) is 10.9 Å². The zero-order chi connectivity index (χ0) is 24.2. The third kappa shape index (κ3) is 4.75. The van der Waals surface area contributed by atoms with Gasteiger partial charge in [0.2, 0.25) is 5.95 Å². The number of carbonyl (C=O) groups excluding carboxylic acids is 1. The molecule has 34 heavy (non-hydrogen) atoms. The molecular formula is C25H24N4O4S. The minimum absolute atomic E-state index is 0.263. The lowest BCUT2D eigenvalue weighted by Gasteiger charge is -2.13. The Kier molecular flexibility index (Phi) is 6.85. The zero-order valence-electron chi connectivity index (χ0n) is 19.2. The van der Waals surface area contributed by atoms with Crippen LogP contribution in [0.4, 0.5) is 11.6 Å². The molecule has 0 bridgehead atoms. The maximum atomic E-state index is 12.8. The molecule has 9 heteroatoms. The molecule has 1 amide bonds. The first-order valence-corrected chi connectivity index (χ1v) is 12.0. The van der Waals surface area contributed by atoms with Crippen molar-refractivity contribution in [1.82, 2.24) is 9.97 Å². The molecule has 1 atom stereocenters. The predicted molar refractivity (Wildman–Crippen MR) is 134 cm³/mol. The van der Waals surface area contributed by atoms with E-state index in [2.05, 4.69) is 20.6 Å². The highest BCUT2D eigenvalue weighted by atomic mass is 32.2. The van der Waals surface area contributed by atoms with Gasteiger partial charge in [-0.25, -0.2) is 9.97 Å². The number of nitrogens with zero attached hydrogens (tertiary/aromatic N) is 2. The van der Waals surface area contributed by atoms with Crippen molar-refractivity contribution >= 4 is 39.6 Å². The summed E-state index contributed by atoms with van der Waals surface area (Å²) in [6.45, 7) is 0. The van der Waals surface area contributed by atoms with Gasteiger partial charge in [0.1, 0.15) is 6.26 Å². The molecule has 0 aliphatic carbocycles. The molecule has 4 rings (SSSR count). The van der Waals surface area contributed by atoms with E-state index in [1.54, 1.807) is 57.9 Å². The third-order valence-corrected chi connectivity index (χ3v) is 6.20. The van der Waals surface area contributed by atoms with Crippen LogP contribution >= 0.6 is 0 Å². The fourth-order valence-corrected chi connectivity index (χ4v) is 4.05. The average molecular weight is 477 g/mol. The van der Waals surface area contributed by atoms with Gasteiger partial charge in [-0.3, -0.25) is 4.79 Å². The van der Waals surface area contributed by atoms with Crippen LogP contribution in [0.25, 0.3) is 22.2 Å². The summed E-state index contributed by atoms with van der Waals surface area (Å²) >= 11 is -1.10. The van der Waals surface area contributed by atoms with Crippen LogP contribution in [0.5, 0.6) is 11.5 Å². The number of carbonyl (C=O) groups is 1. The first-order valence-electron chi connectivity index (χ1n) is 10.4. The number of ether oxygens (including phenoxy) is 2. The first-order chi connectivity index (χ1) is 16.4. The van der Waals surface area contributed by atoms with Gasteiger partial charge in [-0.15, -0.1) is 0 Å². The Morgan fingerprint density at radius 1 is 0.971 bits per heavy atom. The van der Waals surface area contributed by atoms with Gasteiger partial charge in [-0.05, 0) is 53.6 Å². The van der Waals surface area contributed by atoms with Gasteiger partial charge < -0.3 is 24.7 Å². The molecule has 0 saturated heterocycles. The number of aromatic nitrogens is 2. The van der Waals surface area contributed by atoms with Gasteiger partial charge in [0, 0.05) is 35.3 Å². The number of benzene rings is 3. The SMILES string of the molecule is CNc1nc(-c2cccc(NC(=O)c3ccc([S+](C)[O-])cc3)c2)c2cc(OC)c(OC)cc2n1. The fourth-order valence-electron chi connectivity index (χ4n) is 3.53. The highest BCUT2D eigenvalue weighted by Gasteiger charge is 2.15. The molecule has 0 radical (unpaired) electrons. The highest BCUT2D eigenvalue weighted by Crippen LogP contribution is 2.36. The largest absolute Gasteiger partial charge is 0.612 e. The number of amides is 1. The monoisotopic (exact) mass is 476 g/mol. The summed E-state index contributed by atoms with van der Waals surface area (Å²) in [6, 6.07) is 17.8. The highest BCUT2D eigenvalue weighted by molar-refractivity contribution is 7.90. The molecule has 0 fully saturated rings. The molecule has 2 N–H and O–H groups in total. The normalized spacial score (nSPS) is 11.7. The lowest BCUT2D eigenvalue weighted by atomic mass is 10.0. The van der Waals surface area contributed by atoms with Crippen LogP contribution in [0.3, 0.4) is 0 Å². The molecule has 174 valence electrons. The molecule has 1 heterocycles. The topological polar surface area (TPSA) is 108 Å². The molecule has 0 spiro atoms. The van der Waals surface area contributed by atoms with Crippen LogP contribution in [0.2, 0.25) is 0 Å². The van der Waals surface area contributed by atoms with E-state index in [-0.39, 0.29) is 5.91 Å². The first kappa shape index (κ1) is 23.3. The standard InChI is InChI=1S/C25H24N4O4S/c1-26-25-28-20-14-22(33-3)21(32-2)13-19(20)23(29-25)16-6-5-7-17(12-16)27-24(30)15-8-10-18(11-9-15)34(4)31/h5-14H,1-4H3,(H,27,30)(H,26,28,29). The minimum Gasteiger partial charge on any atom is -0.612 e. The Morgan fingerprint density at radius 3 is 2.32 bits per heavy atom. The van der Waals surface area contributed by atoms with Crippen molar-refractivity contribution in [3.63, 3.8) is 0 Å². The number of hydrogen-bond donors (Lipinski definition) is 2. The van der Waals surface area contributed by atoms with E-state index >= 15 is 0 Å². The van der Waals surface area contributed by atoms with Gasteiger partial charge in [0.15, 0.2) is 16.4 Å². The van der Waals surface area contributed by atoms with Crippen LogP contribution in [-0.4, -0.2) is 48.0 Å². The molecule has 0 aliphatic rings. The average Bonchev–Trinajstić information content (AvgIpc) is 2.87. The number of nitrogens with one attached hydrogen (secondary N) is 2. The van der Waals surface area contributed by atoms with E-state index in [1.807, 2.05) is 30.3 Å². The van der Waals surface area contributed by atoms with E-state index in [9.17, 15) is 9.35 Å². The van der Waals surface area contributed by atoms with Crippen LogP contribution < -0.4 is 20.1 Å². The van der Waals surface area contributed by atoms with Gasteiger partial charge >= 0.3 is 0 Å². The molecule has 0 saturated carbocycles. The number of rotatable bonds is 7. The molecular weight excluding hydrogens is 452 g/mol. The van der Waals surface area contributed by atoms with E-state index in [0.29, 0.717) is 44.8 Å². The minimum atomic E-state index is -1.10. The van der Waals surface area contributed by atoms with Crippen molar-refractivity contribution in [2.75, 3.05) is 38.2 Å². The summed E-state index contributed by atoms with van der Waals surface area (Å²) in [5, 5.41) is 6.69. The lowest BCUT2D eigenvalue weighted by molar-refractivity contribution is 0.102. The van der Waals surface area contributed by atoms with Crippen molar-refractivity contribution in [2.24, 2.45) is 0 Å². The second kappa shape index (κ2) is 9.98. The summed E-state index contributed by atoms with van der Waals surface area (Å²) < 4.78 is 22.5. The maximum Gasteiger partial charge on any atom is 0.255 e. The van der Waals surface area contributed by atoms with Crippen molar-refractivity contribution < 1.29 is 18.8 Å². The molecule has 4 aromatic rings. The molecule has 1 aromatic heterocycles. The maximum absolute atomic E-state index is 12.8. The Balaban J connectivity index is 1.71. The predicted octanol–water partition coefficient (Wildman–Crippen LogP) is 4.35. The summed E-state index contributed by atoms with van der Waals surface area (Å²) in [5.74, 6) is 1.33. The fraction of sp³-hybridized carbons (Fsp3) is 0.160. The van der Waals surface area contributed by atoms with Gasteiger partial charge in [0.05, 0.1) is 25.4 Å². The second-order valence-corrected chi connectivity index (χ2v) is 8.76. The van der Waals surface area contributed by atoms with Gasteiger partial charge in [-0.1, -0.05) is 12.1 Å². The molecule has 1 unspecified atom stereocenters. The number of methoxy groups -OCH3 is 2. The second-order valence-electron chi connectivity index (χ2n) is 7.38.